The Morgan fingerprint density at radius 1 is 1.06 bits per heavy atom. The van der Waals surface area contributed by atoms with Crippen molar-refractivity contribution in [3.63, 3.8) is 0 Å². The van der Waals surface area contributed by atoms with Crippen molar-refractivity contribution in [3.05, 3.63) is 0 Å². The summed E-state index contributed by atoms with van der Waals surface area (Å²) in [6, 6.07) is -1.44. The molecule has 14 heteroatoms. The monoisotopic (exact) mass is 505 g/mol. The molecule has 1 fully saturated rings. The minimum Gasteiger partial charge on any atom is -0.481 e. The van der Waals surface area contributed by atoms with Gasteiger partial charge in [0.25, 0.3) is 0 Å². The molecular weight excluding hydrogens is 470 g/mol. The van der Waals surface area contributed by atoms with Gasteiger partial charge in [-0.25, -0.2) is 4.79 Å². The molecule has 0 bridgehead atoms. The van der Waals surface area contributed by atoms with E-state index in [1.54, 1.807) is 20.8 Å². The molecule has 0 saturated heterocycles. The lowest BCUT2D eigenvalue weighted by Gasteiger charge is -2.39. The lowest BCUT2D eigenvalue weighted by Crippen LogP contribution is -2.61. The summed E-state index contributed by atoms with van der Waals surface area (Å²) < 4.78 is 5.04. The number of esters is 1. The van der Waals surface area contributed by atoms with Crippen LogP contribution in [-0.4, -0.2) is 85.8 Å². The van der Waals surface area contributed by atoms with Gasteiger partial charge in [0, 0.05) is 5.92 Å². The summed E-state index contributed by atoms with van der Waals surface area (Å²) in [6.45, 7) is 5.05. The number of nitrogens with two attached hydrogens (primary N) is 2. The zero-order valence-electron chi connectivity index (χ0n) is 20.0. The van der Waals surface area contributed by atoms with Crippen LogP contribution >= 0.6 is 0 Å². The predicted octanol–water partition coefficient (Wildman–Crippen LogP) is -1.39. The molecule has 14 nitrogen and oxygen atoms in total. The smallest absolute Gasteiger partial charge is 0.336 e. The largest absolute Gasteiger partial charge is 0.481 e. The van der Waals surface area contributed by atoms with Crippen molar-refractivity contribution in [2.45, 2.75) is 82.5 Å². The van der Waals surface area contributed by atoms with Crippen molar-refractivity contribution in [2.24, 2.45) is 17.4 Å². The summed E-state index contributed by atoms with van der Waals surface area (Å²) >= 11 is 0. The number of ketones is 1. The number of Topliss-reactive ketones (excluding diaryl/α,β-unsaturated/α-hetero) is 1. The quantitative estimate of drug-likeness (QED) is 0.160. The molecule has 0 aromatic carbocycles. The van der Waals surface area contributed by atoms with Crippen molar-refractivity contribution in [2.75, 3.05) is 6.61 Å². The number of aliphatic hydroxyl groups is 1. The van der Waals surface area contributed by atoms with Gasteiger partial charge in [0.05, 0.1) is 31.5 Å². The first kappa shape index (κ1) is 31.9. The molecule has 9 N–H and O–H groups in total. The van der Waals surface area contributed by atoms with E-state index in [0.717, 1.165) is 12.8 Å². The number of hydrogen-bond donors (Lipinski definition) is 7. The first-order valence-electron chi connectivity index (χ1n) is 11.0. The molecule has 1 aliphatic rings. The van der Waals surface area contributed by atoms with Gasteiger partial charge in [-0.1, -0.05) is 12.8 Å². The van der Waals surface area contributed by atoms with Gasteiger partial charge in [0.2, 0.25) is 5.91 Å². The maximum atomic E-state index is 12.6. The standard InChI is InChI=1S/C15H27N3O4.C6H8O7/c1-4-22-14(21)15(17)8-6-5-7-11(15)12(19)10(3)18-13(20)9(2)16;7-3(8)1-6(13,5(11)12)2-4(9)10/h9-11H,4-8,16-17H2,1-3H3,(H,18,20);13H,1-2H2,(H,7,8)(H,9,10)(H,11,12)/t9-,10-,11?,15?;/m0./s1. The van der Waals surface area contributed by atoms with Gasteiger partial charge in [0.15, 0.2) is 11.4 Å². The maximum absolute atomic E-state index is 12.6. The molecular formula is C21H35N3O11. The van der Waals surface area contributed by atoms with E-state index < -0.39 is 71.8 Å². The summed E-state index contributed by atoms with van der Waals surface area (Å²) in [5.74, 6) is -6.86. The first-order valence-corrected chi connectivity index (χ1v) is 11.0. The lowest BCUT2D eigenvalue weighted by molar-refractivity contribution is -0.170. The van der Waals surface area contributed by atoms with Crippen LogP contribution in [0.1, 0.15) is 59.3 Å². The Balaban J connectivity index is 0.000000761. The number of ether oxygens (including phenoxy) is 1. The SMILES string of the molecule is CCOC(=O)C1(N)CCCCC1C(=O)[C@H](C)NC(=O)[C@H](C)N.O=C(O)CC(O)(CC(=O)O)C(=O)O. The molecule has 1 rings (SSSR count). The molecule has 0 aromatic rings. The predicted molar refractivity (Wildman–Crippen MR) is 119 cm³/mol. The molecule has 0 aromatic heterocycles. The van der Waals surface area contributed by atoms with Gasteiger partial charge >= 0.3 is 23.9 Å². The first-order chi connectivity index (χ1) is 16.0. The number of carboxylic acids is 3. The maximum Gasteiger partial charge on any atom is 0.336 e. The Morgan fingerprint density at radius 2 is 1.57 bits per heavy atom. The van der Waals surface area contributed by atoms with Crippen LogP contribution in [0.25, 0.3) is 0 Å². The zero-order chi connectivity index (χ0) is 27.6. The number of carbonyl (C=O) groups excluding carboxylic acids is 3. The van der Waals surface area contributed by atoms with Crippen LogP contribution in [0.3, 0.4) is 0 Å². The van der Waals surface area contributed by atoms with Gasteiger partial charge in [-0.05, 0) is 33.6 Å². The van der Waals surface area contributed by atoms with E-state index in [1.807, 2.05) is 0 Å². The van der Waals surface area contributed by atoms with Gasteiger partial charge in [-0.2, -0.15) is 0 Å². The number of carbonyl (C=O) groups is 6. The summed E-state index contributed by atoms with van der Waals surface area (Å²) in [7, 11) is 0. The minimum absolute atomic E-state index is 0.218. The zero-order valence-corrected chi connectivity index (χ0v) is 20.0. The fourth-order valence-corrected chi connectivity index (χ4v) is 3.54. The van der Waals surface area contributed by atoms with Crippen LogP contribution in [0.2, 0.25) is 0 Å². The highest BCUT2D eigenvalue weighted by molar-refractivity contribution is 5.96. The second-order valence-electron chi connectivity index (χ2n) is 8.46. The van der Waals surface area contributed by atoms with E-state index in [9.17, 15) is 28.8 Å². The highest BCUT2D eigenvalue weighted by Crippen LogP contribution is 2.34. The van der Waals surface area contributed by atoms with E-state index in [-0.39, 0.29) is 12.4 Å². The van der Waals surface area contributed by atoms with E-state index >= 15 is 0 Å². The van der Waals surface area contributed by atoms with Crippen molar-refractivity contribution >= 4 is 35.6 Å². The number of rotatable bonds is 11. The van der Waals surface area contributed by atoms with Gasteiger partial charge in [-0.3, -0.25) is 24.0 Å². The van der Waals surface area contributed by atoms with Crippen molar-refractivity contribution in [1.82, 2.24) is 5.32 Å². The molecule has 0 spiro atoms. The topological polar surface area (TPSA) is 257 Å². The van der Waals surface area contributed by atoms with Crippen LogP contribution in [0, 0.1) is 5.92 Å². The van der Waals surface area contributed by atoms with Crippen LogP contribution < -0.4 is 16.8 Å². The van der Waals surface area contributed by atoms with E-state index in [4.69, 9.17) is 36.6 Å². The third kappa shape index (κ3) is 9.58. The summed E-state index contributed by atoms with van der Waals surface area (Å²) in [5.41, 5.74) is 7.67. The minimum atomic E-state index is -2.74. The van der Waals surface area contributed by atoms with Crippen molar-refractivity contribution in [1.29, 1.82) is 0 Å². The summed E-state index contributed by atoms with van der Waals surface area (Å²) in [5, 5.41) is 36.4. The fraction of sp³-hybridized carbons (Fsp3) is 0.714. The normalized spacial score (nSPS) is 21.4. The average molecular weight is 506 g/mol. The number of carboxylic acid groups (broad SMARTS) is 3. The second kappa shape index (κ2) is 13.7. The van der Waals surface area contributed by atoms with Crippen molar-refractivity contribution in [3.8, 4) is 0 Å². The molecule has 1 aliphatic carbocycles. The van der Waals surface area contributed by atoms with Crippen LogP contribution in [0.15, 0.2) is 0 Å². The van der Waals surface area contributed by atoms with Crippen LogP contribution in [0.4, 0.5) is 0 Å². The molecule has 0 radical (unpaired) electrons. The lowest BCUT2D eigenvalue weighted by atomic mass is 9.70. The Labute approximate surface area is 202 Å². The second-order valence-corrected chi connectivity index (χ2v) is 8.46. The Bertz CT molecular complexity index is 798. The Kier molecular flexibility index (Phi) is 12.5. The van der Waals surface area contributed by atoms with Crippen LogP contribution in [-0.2, 0) is 33.5 Å². The molecule has 2 unspecified atom stereocenters. The third-order valence-electron chi connectivity index (χ3n) is 5.44. The summed E-state index contributed by atoms with van der Waals surface area (Å²) in [4.78, 5) is 66.9. The van der Waals surface area contributed by atoms with E-state index in [1.165, 1.54) is 0 Å². The number of aliphatic carboxylic acids is 3. The molecule has 1 amide bonds. The number of hydrogen-bond acceptors (Lipinski definition) is 10. The molecule has 1 saturated carbocycles. The molecule has 4 atom stereocenters. The molecule has 0 heterocycles. The van der Waals surface area contributed by atoms with E-state index in [0.29, 0.717) is 12.8 Å². The van der Waals surface area contributed by atoms with Gasteiger partial charge < -0.3 is 41.9 Å². The Hall–Kier alpha value is -3.10. The highest BCUT2D eigenvalue weighted by Gasteiger charge is 2.49. The highest BCUT2D eigenvalue weighted by atomic mass is 16.5. The van der Waals surface area contributed by atoms with Crippen molar-refractivity contribution < 1.29 is 53.9 Å². The fourth-order valence-electron chi connectivity index (χ4n) is 3.54. The third-order valence-corrected chi connectivity index (χ3v) is 5.44. The number of nitrogens with one attached hydrogen (secondary N) is 1. The molecule has 200 valence electrons. The molecule has 35 heavy (non-hydrogen) atoms. The van der Waals surface area contributed by atoms with Gasteiger partial charge in [0.1, 0.15) is 5.54 Å². The number of amides is 1. The van der Waals surface area contributed by atoms with Crippen LogP contribution in [0.5, 0.6) is 0 Å². The Morgan fingerprint density at radius 3 is 1.97 bits per heavy atom. The van der Waals surface area contributed by atoms with Gasteiger partial charge in [-0.15, -0.1) is 0 Å². The average Bonchev–Trinajstić information content (AvgIpc) is 2.72. The summed E-state index contributed by atoms with van der Waals surface area (Å²) in [6.07, 6.45) is 0.244. The molecule has 0 aliphatic heterocycles. The van der Waals surface area contributed by atoms with E-state index in [2.05, 4.69) is 5.32 Å².